The molecule has 4 aromatic rings. The number of aryl methyl sites for hydroxylation is 1. The number of hydrogen-bond acceptors (Lipinski definition) is 8. The highest BCUT2D eigenvalue weighted by molar-refractivity contribution is 7.07. The number of carbonyl (C=O) groups excluding carboxylic acids is 2. The van der Waals surface area contributed by atoms with E-state index in [1.165, 1.54) is 30.6 Å². The first-order chi connectivity index (χ1) is 19.2. The predicted molar refractivity (Wildman–Crippen MR) is 146 cm³/mol. The Morgan fingerprint density at radius 3 is 2.42 bits per heavy atom. The summed E-state index contributed by atoms with van der Waals surface area (Å²) in [6.45, 7) is 4.70. The van der Waals surface area contributed by atoms with E-state index in [9.17, 15) is 14.0 Å². The summed E-state index contributed by atoms with van der Waals surface area (Å²) in [5.41, 5.74) is 4.69. The molecule has 3 atom stereocenters. The smallest absolute Gasteiger partial charge is 0.315 e. The van der Waals surface area contributed by atoms with Crippen molar-refractivity contribution in [3.05, 3.63) is 70.4 Å². The van der Waals surface area contributed by atoms with Gasteiger partial charge in [0.05, 0.1) is 23.7 Å². The van der Waals surface area contributed by atoms with Crippen molar-refractivity contribution in [1.82, 2.24) is 24.6 Å². The highest BCUT2D eigenvalue weighted by Gasteiger charge is 2.59. The lowest BCUT2D eigenvalue weighted by Gasteiger charge is -2.24. The molecule has 1 aliphatic carbocycles. The molecule has 1 amide bonds. The molecule has 0 N–H and O–H groups in total. The number of piperidine rings is 1. The van der Waals surface area contributed by atoms with Crippen molar-refractivity contribution in [1.29, 1.82) is 0 Å². The highest BCUT2D eigenvalue weighted by atomic mass is 32.1. The van der Waals surface area contributed by atoms with Crippen LogP contribution in [0.15, 0.2) is 53.4 Å². The molecule has 0 bridgehead atoms. The molecule has 2 aliphatic rings. The van der Waals surface area contributed by atoms with Crippen LogP contribution in [-0.2, 0) is 22.0 Å². The average Bonchev–Trinajstić information content (AvgIpc) is 3.46. The number of amides is 1. The minimum atomic E-state index is -0.951. The maximum atomic E-state index is 13.6. The van der Waals surface area contributed by atoms with Gasteiger partial charge in [0.15, 0.2) is 0 Å². The monoisotopic (exact) mass is 561 g/mol. The Kier molecular flexibility index (Phi) is 6.41. The van der Waals surface area contributed by atoms with Gasteiger partial charge < -0.3 is 14.4 Å². The average molecular weight is 562 g/mol. The molecule has 1 aromatic carbocycles. The molecule has 1 saturated heterocycles. The number of nitrogens with zero attached hydrogens (tertiary/aromatic N) is 5. The van der Waals surface area contributed by atoms with Gasteiger partial charge in [0.25, 0.3) is 5.91 Å². The van der Waals surface area contributed by atoms with Crippen LogP contribution in [0.5, 0.6) is 5.88 Å². The van der Waals surface area contributed by atoms with Crippen molar-refractivity contribution in [2.75, 3.05) is 20.2 Å². The first-order valence-electron chi connectivity index (χ1n) is 12.9. The largest absolute Gasteiger partial charge is 0.474 e. The zero-order valence-electron chi connectivity index (χ0n) is 22.5. The van der Waals surface area contributed by atoms with E-state index < -0.39 is 5.41 Å². The van der Waals surface area contributed by atoms with Gasteiger partial charge in [-0.2, -0.15) is 5.10 Å². The summed E-state index contributed by atoms with van der Waals surface area (Å²) < 4.78 is 26.5. The van der Waals surface area contributed by atoms with Crippen LogP contribution in [0.4, 0.5) is 4.39 Å². The number of halogens is 1. The SMILES string of the molecule is COC(=O)C(C)(C)c1cc(O[C@@H]2[C@@H]3CN(C(=O)c4cc(-c5cscn5)nn4C)C[C@@H]32)nc(-c2ccc(F)cc2)c1. The van der Waals surface area contributed by atoms with Gasteiger partial charge in [-0.05, 0) is 55.8 Å². The third-order valence-electron chi connectivity index (χ3n) is 7.81. The molecule has 206 valence electrons. The van der Waals surface area contributed by atoms with Crippen molar-refractivity contribution in [2.45, 2.75) is 25.4 Å². The molecule has 40 heavy (non-hydrogen) atoms. The molecule has 2 fully saturated rings. The van der Waals surface area contributed by atoms with Gasteiger partial charge in [0.1, 0.15) is 29.0 Å². The van der Waals surface area contributed by atoms with Crippen molar-refractivity contribution >= 4 is 23.2 Å². The van der Waals surface area contributed by atoms with Crippen molar-refractivity contribution < 1.29 is 23.5 Å². The van der Waals surface area contributed by atoms with Crippen molar-refractivity contribution in [2.24, 2.45) is 18.9 Å². The Hall–Kier alpha value is -4.12. The van der Waals surface area contributed by atoms with Gasteiger partial charge in [-0.25, -0.2) is 14.4 Å². The van der Waals surface area contributed by atoms with Crippen LogP contribution in [0.1, 0.15) is 29.9 Å². The zero-order valence-corrected chi connectivity index (χ0v) is 23.3. The van der Waals surface area contributed by atoms with Gasteiger partial charge in [-0.1, -0.05) is 0 Å². The number of methoxy groups -OCH3 is 1. The summed E-state index contributed by atoms with van der Waals surface area (Å²) in [6, 6.07) is 11.4. The minimum absolute atomic E-state index is 0.0685. The normalized spacial score (nSPS) is 19.8. The third kappa shape index (κ3) is 4.64. The number of thiazole rings is 1. The van der Waals surface area contributed by atoms with Gasteiger partial charge in [-0.15, -0.1) is 11.3 Å². The van der Waals surface area contributed by atoms with Gasteiger partial charge in [0.2, 0.25) is 5.88 Å². The Balaban J connectivity index is 1.19. The molecule has 0 radical (unpaired) electrons. The van der Waals surface area contributed by atoms with E-state index in [1.54, 1.807) is 61.4 Å². The molecular weight excluding hydrogens is 533 g/mol. The van der Waals surface area contributed by atoms with Crippen LogP contribution >= 0.6 is 11.3 Å². The highest BCUT2D eigenvalue weighted by Crippen LogP contribution is 2.48. The summed E-state index contributed by atoms with van der Waals surface area (Å²) in [7, 11) is 3.12. The van der Waals surface area contributed by atoms with Crippen LogP contribution in [0.2, 0.25) is 0 Å². The van der Waals surface area contributed by atoms with Gasteiger partial charge in [-0.3, -0.25) is 14.3 Å². The number of ether oxygens (including phenoxy) is 2. The molecule has 4 heterocycles. The lowest BCUT2D eigenvalue weighted by Crippen LogP contribution is -2.34. The number of rotatable bonds is 7. The van der Waals surface area contributed by atoms with E-state index in [4.69, 9.17) is 9.47 Å². The number of aromatic nitrogens is 4. The number of fused-ring (bicyclic) bond motifs is 1. The summed E-state index contributed by atoms with van der Waals surface area (Å²) in [5.74, 6) is -0.0550. The van der Waals surface area contributed by atoms with Crippen molar-refractivity contribution in [3.63, 3.8) is 0 Å². The molecular formula is C29H28FN5O4S. The quantitative estimate of drug-likeness (QED) is 0.310. The molecule has 1 aliphatic heterocycles. The fourth-order valence-corrected chi connectivity index (χ4v) is 5.86. The van der Waals surface area contributed by atoms with Crippen LogP contribution in [0.25, 0.3) is 22.6 Å². The standard InChI is InChI=1S/C29H28FN5O4S/c1-29(2,28(37)38-4)17-9-21(16-5-7-18(30)8-6-16)32-25(10-17)39-26-19-12-35(13-20(19)26)27(36)24-11-22(33-34(24)3)23-14-40-15-31-23/h5-11,14-15,19-20,26H,12-13H2,1-4H3/t19-,20+,26-. The second-order valence-electron chi connectivity index (χ2n) is 10.7. The number of hydrogen-bond donors (Lipinski definition) is 0. The maximum Gasteiger partial charge on any atom is 0.315 e. The van der Waals surface area contributed by atoms with Crippen molar-refractivity contribution in [3.8, 4) is 28.5 Å². The van der Waals surface area contributed by atoms with E-state index in [0.717, 1.165) is 5.69 Å². The van der Waals surface area contributed by atoms with E-state index in [1.807, 2.05) is 10.3 Å². The third-order valence-corrected chi connectivity index (χ3v) is 8.40. The maximum absolute atomic E-state index is 13.6. The zero-order chi connectivity index (χ0) is 28.2. The number of benzene rings is 1. The van der Waals surface area contributed by atoms with Crippen LogP contribution in [-0.4, -0.2) is 62.8 Å². The first kappa shape index (κ1) is 26.1. The summed E-state index contributed by atoms with van der Waals surface area (Å²) >= 11 is 1.48. The fourth-order valence-electron chi connectivity index (χ4n) is 5.31. The molecule has 9 nitrogen and oxygen atoms in total. The predicted octanol–water partition coefficient (Wildman–Crippen LogP) is 4.34. The van der Waals surface area contributed by atoms with Gasteiger partial charge >= 0.3 is 5.97 Å². The summed E-state index contributed by atoms with van der Waals surface area (Å²) in [5, 5.41) is 6.36. The number of carbonyl (C=O) groups is 2. The number of likely N-dealkylation sites (tertiary alicyclic amines) is 1. The van der Waals surface area contributed by atoms with Crippen LogP contribution in [0.3, 0.4) is 0 Å². The second-order valence-corrected chi connectivity index (χ2v) is 11.5. The molecule has 11 heteroatoms. The first-order valence-corrected chi connectivity index (χ1v) is 13.9. The lowest BCUT2D eigenvalue weighted by atomic mass is 9.84. The van der Waals surface area contributed by atoms with Crippen LogP contribution < -0.4 is 4.74 Å². The van der Waals surface area contributed by atoms with Crippen LogP contribution in [0, 0.1) is 17.7 Å². The number of esters is 1. The molecule has 6 rings (SSSR count). The molecule has 0 unspecified atom stereocenters. The molecule has 3 aromatic heterocycles. The Bertz CT molecular complexity index is 1570. The van der Waals surface area contributed by atoms with E-state index in [-0.39, 0.29) is 35.6 Å². The minimum Gasteiger partial charge on any atom is -0.474 e. The summed E-state index contributed by atoms with van der Waals surface area (Å²) in [4.78, 5) is 36.6. The second kappa shape index (κ2) is 9.81. The van der Waals surface area contributed by atoms with E-state index >= 15 is 0 Å². The van der Waals surface area contributed by atoms with E-state index in [2.05, 4.69) is 15.1 Å². The summed E-state index contributed by atoms with van der Waals surface area (Å²) in [6.07, 6.45) is -0.0915. The number of pyridine rings is 1. The fraction of sp³-hybridized carbons (Fsp3) is 0.345. The molecule has 1 saturated carbocycles. The Morgan fingerprint density at radius 1 is 1.05 bits per heavy atom. The molecule has 0 spiro atoms. The Morgan fingerprint density at radius 2 is 1.77 bits per heavy atom. The Labute approximate surface area is 234 Å². The topological polar surface area (TPSA) is 99.4 Å². The van der Waals surface area contributed by atoms with Gasteiger partial charge in [0, 0.05) is 49.0 Å². The lowest BCUT2D eigenvalue weighted by molar-refractivity contribution is -0.146. The van der Waals surface area contributed by atoms with E-state index in [0.29, 0.717) is 47.2 Å².